The standard InChI is InChI=1S/C20H20N4O3/c1-2-24(20(26)18-11-21-13-27-18)16-7-9-23(12-16)19(25)15-6-5-14-4-3-8-22-17(14)10-15/h3-6,8,10-11,13,16H,2,7,9,12H2,1H3. The quantitative estimate of drug-likeness (QED) is 0.711. The molecule has 27 heavy (non-hydrogen) atoms. The minimum absolute atomic E-state index is 0.0323. The van der Waals surface area contributed by atoms with Gasteiger partial charge < -0.3 is 14.2 Å². The lowest BCUT2D eigenvalue weighted by Crippen LogP contribution is -2.42. The highest BCUT2D eigenvalue weighted by atomic mass is 16.3. The van der Waals surface area contributed by atoms with Crippen LogP contribution in [0.3, 0.4) is 0 Å². The van der Waals surface area contributed by atoms with E-state index in [-0.39, 0.29) is 23.6 Å². The molecular formula is C20H20N4O3. The van der Waals surface area contributed by atoms with Crippen LogP contribution in [0, 0.1) is 0 Å². The van der Waals surface area contributed by atoms with Gasteiger partial charge in [-0.3, -0.25) is 14.6 Å². The maximum Gasteiger partial charge on any atom is 0.291 e. The number of benzene rings is 1. The minimum Gasteiger partial charge on any atom is -0.438 e. The van der Waals surface area contributed by atoms with Crippen LogP contribution in [0.4, 0.5) is 0 Å². The van der Waals surface area contributed by atoms with E-state index in [1.165, 1.54) is 12.6 Å². The van der Waals surface area contributed by atoms with E-state index in [1.54, 1.807) is 16.0 Å². The molecule has 138 valence electrons. The van der Waals surface area contributed by atoms with Gasteiger partial charge in [-0.15, -0.1) is 0 Å². The van der Waals surface area contributed by atoms with Gasteiger partial charge in [-0.1, -0.05) is 12.1 Å². The third kappa shape index (κ3) is 3.28. The zero-order valence-electron chi connectivity index (χ0n) is 15.0. The SMILES string of the molecule is CCN(C(=O)c1cnco1)C1CCN(C(=O)c2ccc3cccnc3c2)C1. The van der Waals surface area contributed by atoms with Crippen LogP contribution >= 0.6 is 0 Å². The summed E-state index contributed by atoms with van der Waals surface area (Å²) in [4.78, 5) is 37.2. The average Bonchev–Trinajstić information content (AvgIpc) is 3.40. The summed E-state index contributed by atoms with van der Waals surface area (Å²) in [7, 11) is 0. The molecule has 2 amide bonds. The molecule has 1 aliphatic heterocycles. The van der Waals surface area contributed by atoms with E-state index in [0.717, 1.165) is 17.3 Å². The van der Waals surface area contributed by atoms with Crippen LogP contribution in [0.1, 0.15) is 34.3 Å². The largest absolute Gasteiger partial charge is 0.438 e. The molecule has 0 bridgehead atoms. The lowest BCUT2D eigenvalue weighted by Gasteiger charge is -2.27. The van der Waals surface area contributed by atoms with E-state index in [4.69, 9.17) is 4.42 Å². The van der Waals surface area contributed by atoms with E-state index in [1.807, 2.05) is 37.3 Å². The van der Waals surface area contributed by atoms with Crippen molar-refractivity contribution in [2.75, 3.05) is 19.6 Å². The zero-order valence-corrected chi connectivity index (χ0v) is 15.0. The Morgan fingerprint density at radius 1 is 1.33 bits per heavy atom. The second kappa shape index (κ2) is 7.19. The van der Waals surface area contributed by atoms with Gasteiger partial charge >= 0.3 is 0 Å². The van der Waals surface area contributed by atoms with Gasteiger partial charge in [-0.25, -0.2) is 4.98 Å². The summed E-state index contributed by atoms with van der Waals surface area (Å²) in [5, 5.41) is 1.00. The topological polar surface area (TPSA) is 79.5 Å². The van der Waals surface area contributed by atoms with Crippen molar-refractivity contribution in [2.24, 2.45) is 0 Å². The van der Waals surface area contributed by atoms with Crippen molar-refractivity contribution in [3.8, 4) is 0 Å². The number of amides is 2. The van der Waals surface area contributed by atoms with E-state index in [0.29, 0.717) is 25.2 Å². The lowest BCUT2D eigenvalue weighted by molar-refractivity contribution is 0.0640. The Balaban J connectivity index is 1.49. The molecule has 7 nitrogen and oxygen atoms in total. The summed E-state index contributed by atoms with van der Waals surface area (Å²) in [6.07, 6.45) is 5.13. The summed E-state index contributed by atoms with van der Waals surface area (Å²) >= 11 is 0. The molecule has 1 saturated heterocycles. The molecule has 7 heteroatoms. The molecular weight excluding hydrogens is 344 g/mol. The van der Waals surface area contributed by atoms with Crippen LogP contribution in [0.25, 0.3) is 10.9 Å². The predicted octanol–water partition coefficient (Wildman–Crippen LogP) is 2.60. The summed E-state index contributed by atoms with van der Waals surface area (Å²) in [5.74, 6) is -0.000320. The molecule has 1 atom stereocenters. The molecule has 3 aromatic rings. The molecule has 3 heterocycles. The Labute approximate surface area is 156 Å². The number of carbonyl (C=O) groups is 2. The summed E-state index contributed by atoms with van der Waals surface area (Å²) in [6, 6.07) is 9.38. The van der Waals surface area contributed by atoms with E-state index in [9.17, 15) is 9.59 Å². The van der Waals surface area contributed by atoms with Crippen molar-refractivity contribution in [2.45, 2.75) is 19.4 Å². The van der Waals surface area contributed by atoms with Gasteiger partial charge in [0.2, 0.25) is 5.76 Å². The number of carbonyl (C=O) groups excluding carboxylic acids is 2. The molecule has 2 aromatic heterocycles. The Hall–Kier alpha value is -3.22. The van der Waals surface area contributed by atoms with Gasteiger partial charge in [-0.2, -0.15) is 0 Å². The van der Waals surface area contributed by atoms with Crippen LogP contribution < -0.4 is 0 Å². The van der Waals surface area contributed by atoms with Crippen LogP contribution in [0.2, 0.25) is 0 Å². The number of fused-ring (bicyclic) bond motifs is 1. The van der Waals surface area contributed by atoms with E-state index >= 15 is 0 Å². The number of rotatable bonds is 4. The highest BCUT2D eigenvalue weighted by molar-refractivity contribution is 5.98. The summed E-state index contributed by atoms with van der Waals surface area (Å²) in [6.45, 7) is 3.59. The molecule has 1 unspecified atom stereocenters. The Bertz CT molecular complexity index is 970. The monoisotopic (exact) mass is 364 g/mol. The Kier molecular flexibility index (Phi) is 4.58. The molecule has 0 radical (unpaired) electrons. The second-order valence-electron chi connectivity index (χ2n) is 6.56. The second-order valence-corrected chi connectivity index (χ2v) is 6.56. The maximum atomic E-state index is 12.9. The van der Waals surface area contributed by atoms with Crippen molar-refractivity contribution in [3.05, 3.63) is 60.4 Å². The number of likely N-dealkylation sites (tertiary alicyclic amines) is 1. The van der Waals surface area contributed by atoms with Gasteiger partial charge in [0.05, 0.1) is 17.8 Å². The van der Waals surface area contributed by atoms with Crippen LogP contribution in [0.15, 0.2) is 53.5 Å². The van der Waals surface area contributed by atoms with Crippen molar-refractivity contribution in [1.29, 1.82) is 0 Å². The van der Waals surface area contributed by atoms with Crippen LogP contribution in [-0.2, 0) is 0 Å². The predicted molar refractivity (Wildman–Crippen MR) is 99.3 cm³/mol. The molecule has 0 spiro atoms. The molecule has 0 N–H and O–H groups in total. The van der Waals surface area contributed by atoms with Gasteiger partial charge in [-0.05, 0) is 31.5 Å². The maximum absolute atomic E-state index is 12.9. The first-order valence-electron chi connectivity index (χ1n) is 9.01. The third-order valence-electron chi connectivity index (χ3n) is 4.99. The highest BCUT2D eigenvalue weighted by Crippen LogP contribution is 2.21. The number of nitrogens with zero attached hydrogens (tertiary/aromatic N) is 4. The minimum atomic E-state index is -0.191. The zero-order chi connectivity index (χ0) is 18.8. The smallest absolute Gasteiger partial charge is 0.291 e. The fourth-order valence-electron chi connectivity index (χ4n) is 3.59. The van der Waals surface area contributed by atoms with Gasteiger partial charge in [0.1, 0.15) is 0 Å². The van der Waals surface area contributed by atoms with Crippen molar-refractivity contribution < 1.29 is 14.0 Å². The van der Waals surface area contributed by atoms with Gasteiger partial charge in [0.15, 0.2) is 6.39 Å². The molecule has 1 aliphatic rings. The summed E-state index contributed by atoms with van der Waals surface area (Å²) < 4.78 is 5.13. The van der Waals surface area contributed by atoms with Crippen molar-refractivity contribution >= 4 is 22.7 Å². The van der Waals surface area contributed by atoms with Gasteiger partial charge in [0, 0.05) is 36.8 Å². The fraction of sp³-hybridized carbons (Fsp3) is 0.300. The Morgan fingerprint density at radius 3 is 3.00 bits per heavy atom. The highest BCUT2D eigenvalue weighted by Gasteiger charge is 2.33. The van der Waals surface area contributed by atoms with E-state index < -0.39 is 0 Å². The molecule has 0 saturated carbocycles. The number of likely N-dealkylation sites (N-methyl/N-ethyl adjacent to an activating group) is 1. The number of aromatic nitrogens is 2. The first kappa shape index (κ1) is 17.2. The number of oxazole rings is 1. The van der Waals surface area contributed by atoms with Crippen LogP contribution in [0.5, 0.6) is 0 Å². The first-order valence-corrected chi connectivity index (χ1v) is 9.01. The lowest BCUT2D eigenvalue weighted by atomic mass is 10.1. The van der Waals surface area contributed by atoms with Crippen LogP contribution in [-0.4, -0.2) is 57.3 Å². The molecule has 1 fully saturated rings. The number of hydrogen-bond donors (Lipinski definition) is 0. The van der Waals surface area contributed by atoms with E-state index in [2.05, 4.69) is 9.97 Å². The fourth-order valence-corrected chi connectivity index (χ4v) is 3.59. The summed E-state index contributed by atoms with van der Waals surface area (Å²) in [5.41, 5.74) is 1.42. The third-order valence-corrected chi connectivity index (χ3v) is 4.99. The molecule has 0 aliphatic carbocycles. The average molecular weight is 364 g/mol. The first-order chi connectivity index (χ1) is 13.2. The van der Waals surface area contributed by atoms with Gasteiger partial charge in [0.25, 0.3) is 11.8 Å². The Morgan fingerprint density at radius 2 is 2.22 bits per heavy atom. The normalized spacial score (nSPS) is 16.6. The molecule has 4 rings (SSSR count). The number of hydrogen-bond acceptors (Lipinski definition) is 5. The van der Waals surface area contributed by atoms with Crippen molar-refractivity contribution in [1.82, 2.24) is 19.8 Å². The number of pyridine rings is 1. The molecule has 1 aromatic carbocycles. The van der Waals surface area contributed by atoms with Crippen molar-refractivity contribution in [3.63, 3.8) is 0 Å².